The lowest BCUT2D eigenvalue weighted by molar-refractivity contribution is -0.870. The van der Waals surface area contributed by atoms with Crippen molar-refractivity contribution in [1.29, 1.82) is 0 Å². The van der Waals surface area contributed by atoms with Gasteiger partial charge in [-0.2, -0.15) is 0 Å². The van der Waals surface area contributed by atoms with Gasteiger partial charge in [0.1, 0.15) is 13.2 Å². The number of aliphatic hydroxyl groups excluding tert-OH is 1. The molecule has 0 aliphatic heterocycles. The van der Waals surface area contributed by atoms with Gasteiger partial charge in [-0.15, -0.1) is 0 Å². The lowest BCUT2D eigenvalue weighted by atomic mass is 10.0. The fourth-order valence-electron chi connectivity index (χ4n) is 6.70. The SMILES string of the molecule is CCCCCCCCCC/C=C/CC/C=C/[C@@H](O)[C@H](COP(=O)(O)OCC[N+](C)(C)C)NC(=O)CCCCCCCCCCCCCCCCCCCCC. The molecule has 0 aromatic carbocycles. The van der Waals surface area contributed by atoms with Gasteiger partial charge in [-0.3, -0.25) is 13.8 Å². The van der Waals surface area contributed by atoms with Gasteiger partial charge in [0, 0.05) is 6.42 Å². The number of aliphatic hydroxyl groups is 1. The molecule has 0 bridgehead atoms. The number of nitrogens with zero attached hydrogens (tertiary/aromatic N) is 1. The van der Waals surface area contributed by atoms with Crippen molar-refractivity contribution in [3.8, 4) is 0 Å². The Morgan fingerprint density at radius 2 is 1.00 bits per heavy atom. The van der Waals surface area contributed by atoms with E-state index in [1.165, 1.54) is 154 Å². The molecule has 0 aromatic rings. The first-order valence-electron chi connectivity index (χ1n) is 23.2. The summed E-state index contributed by atoms with van der Waals surface area (Å²) in [6.45, 7) is 4.80. The quantitative estimate of drug-likeness (QED) is 0.0246. The molecule has 0 fully saturated rings. The Hall–Kier alpha value is -1.02. The number of hydrogen-bond donors (Lipinski definition) is 3. The van der Waals surface area contributed by atoms with Gasteiger partial charge in [-0.05, 0) is 32.1 Å². The van der Waals surface area contributed by atoms with Crippen LogP contribution in [0.5, 0.6) is 0 Å². The van der Waals surface area contributed by atoms with Gasteiger partial charge in [0.2, 0.25) is 5.91 Å². The summed E-state index contributed by atoms with van der Waals surface area (Å²) >= 11 is 0. The van der Waals surface area contributed by atoms with E-state index in [4.69, 9.17) is 9.05 Å². The Bertz CT molecular complexity index is 953. The van der Waals surface area contributed by atoms with Gasteiger partial charge >= 0.3 is 7.82 Å². The first-order chi connectivity index (χ1) is 26.5. The van der Waals surface area contributed by atoms with Crippen molar-refractivity contribution >= 4 is 13.7 Å². The smallest absolute Gasteiger partial charge is 0.387 e. The predicted molar refractivity (Wildman–Crippen MR) is 235 cm³/mol. The highest BCUT2D eigenvalue weighted by molar-refractivity contribution is 7.47. The molecule has 326 valence electrons. The van der Waals surface area contributed by atoms with Crippen LogP contribution in [-0.4, -0.2) is 73.4 Å². The standard InChI is InChI=1S/C46H91N2O6P/c1-6-8-10-12-14-16-18-20-22-23-24-25-26-28-30-32-34-36-38-40-46(50)47-44(43-54-55(51,52)53-42-41-48(3,4)5)45(49)39-37-35-33-31-29-27-21-19-17-15-13-11-9-7-2/h29,31,37,39,44-45,49H,6-28,30,32-36,38,40-43H2,1-5H3,(H-,47,50,51,52)/p+1/b31-29+,39-37+/t44-,45+/m0/s1. The third-order valence-corrected chi connectivity index (χ3v) is 11.4. The largest absolute Gasteiger partial charge is 0.472 e. The van der Waals surface area contributed by atoms with Gasteiger partial charge in [0.25, 0.3) is 0 Å². The third kappa shape index (κ3) is 41.0. The second-order valence-electron chi connectivity index (χ2n) is 17.1. The monoisotopic (exact) mass is 800 g/mol. The minimum atomic E-state index is -4.34. The van der Waals surface area contributed by atoms with Gasteiger partial charge < -0.3 is 19.8 Å². The van der Waals surface area contributed by atoms with E-state index in [0.29, 0.717) is 17.4 Å². The molecule has 0 aromatic heterocycles. The summed E-state index contributed by atoms with van der Waals surface area (Å²) in [7, 11) is 1.56. The average molecular weight is 800 g/mol. The van der Waals surface area contributed by atoms with Crippen molar-refractivity contribution < 1.29 is 32.9 Å². The normalized spacial score (nSPS) is 14.5. The summed E-state index contributed by atoms with van der Waals surface area (Å²) in [6.07, 6.45) is 45.3. The summed E-state index contributed by atoms with van der Waals surface area (Å²) in [4.78, 5) is 23.1. The number of rotatable bonds is 42. The molecule has 0 spiro atoms. The maximum absolute atomic E-state index is 12.9. The second kappa shape index (κ2) is 38.5. The van der Waals surface area contributed by atoms with Crippen molar-refractivity contribution in [3.05, 3.63) is 24.3 Å². The Morgan fingerprint density at radius 3 is 1.45 bits per heavy atom. The lowest BCUT2D eigenvalue weighted by Gasteiger charge is -2.25. The van der Waals surface area contributed by atoms with Crippen LogP contribution in [0.25, 0.3) is 0 Å². The number of carbonyl (C=O) groups excluding carboxylic acids is 1. The maximum atomic E-state index is 12.9. The first-order valence-corrected chi connectivity index (χ1v) is 24.7. The van der Waals surface area contributed by atoms with Crippen LogP contribution in [0.4, 0.5) is 0 Å². The van der Waals surface area contributed by atoms with Crippen LogP contribution >= 0.6 is 7.82 Å². The zero-order chi connectivity index (χ0) is 40.7. The number of likely N-dealkylation sites (N-methyl/N-ethyl adjacent to an activating group) is 1. The lowest BCUT2D eigenvalue weighted by Crippen LogP contribution is -2.45. The molecule has 8 nitrogen and oxygen atoms in total. The number of quaternary nitrogens is 1. The highest BCUT2D eigenvalue weighted by atomic mass is 31.2. The molecule has 0 aliphatic carbocycles. The van der Waals surface area contributed by atoms with E-state index in [-0.39, 0.29) is 19.1 Å². The minimum Gasteiger partial charge on any atom is -0.387 e. The molecule has 3 atom stereocenters. The topological polar surface area (TPSA) is 105 Å². The van der Waals surface area contributed by atoms with Gasteiger partial charge in [-0.1, -0.05) is 199 Å². The molecular formula is C46H92N2O6P+. The highest BCUT2D eigenvalue weighted by Gasteiger charge is 2.27. The Balaban J connectivity index is 4.37. The molecule has 0 rings (SSSR count). The van der Waals surface area contributed by atoms with E-state index in [1.807, 2.05) is 27.2 Å². The fraction of sp³-hybridized carbons (Fsp3) is 0.891. The van der Waals surface area contributed by atoms with Crippen LogP contribution in [0.1, 0.15) is 213 Å². The molecule has 1 unspecified atom stereocenters. The van der Waals surface area contributed by atoms with Crippen molar-refractivity contribution in [2.75, 3.05) is 40.9 Å². The number of phosphoric acid groups is 1. The van der Waals surface area contributed by atoms with Gasteiger partial charge in [0.05, 0.1) is 39.9 Å². The molecule has 9 heteroatoms. The van der Waals surface area contributed by atoms with E-state index in [2.05, 4.69) is 31.3 Å². The maximum Gasteiger partial charge on any atom is 0.472 e. The molecular weight excluding hydrogens is 707 g/mol. The van der Waals surface area contributed by atoms with E-state index >= 15 is 0 Å². The fourth-order valence-corrected chi connectivity index (χ4v) is 7.44. The number of amides is 1. The van der Waals surface area contributed by atoms with Crippen LogP contribution in [0.15, 0.2) is 24.3 Å². The molecule has 1 amide bonds. The van der Waals surface area contributed by atoms with Gasteiger partial charge in [0.15, 0.2) is 0 Å². The van der Waals surface area contributed by atoms with Crippen molar-refractivity contribution in [2.45, 2.75) is 225 Å². The predicted octanol–water partition coefficient (Wildman–Crippen LogP) is 12.9. The summed E-state index contributed by atoms with van der Waals surface area (Å²) in [6, 6.07) is -0.857. The third-order valence-electron chi connectivity index (χ3n) is 10.4. The first kappa shape index (κ1) is 54.0. The molecule has 3 N–H and O–H groups in total. The van der Waals surface area contributed by atoms with Crippen LogP contribution in [0.3, 0.4) is 0 Å². The summed E-state index contributed by atoms with van der Waals surface area (Å²) in [5.74, 6) is -0.185. The number of nitrogens with one attached hydrogen (secondary N) is 1. The van der Waals surface area contributed by atoms with Crippen molar-refractivity contribution in [1.82, 2.24) is 5.32 Å². The van der Waals surface area contributed by atoms with E-state index in [9.17, 15) is 19.4 Å². The molecule has 0 saturated carbocycles. The number of allylic oxidation sites excluding steroid dienone is 3. The minimum absolute atomic E-state index is 0.0583. The number of unbranched alkanes of at least 4 members (excludes halogenated alkanes) is 27. The highest BCUT2D eigenvalue weighted by Crippen LogP contribution is 2.43. The van der Waals surface area contributed by atoms with E-state index < -0.39 is 20.0 Å². The van der Waals surface area contributed by atoms with Crippen molar-refractivity contribution in [3.63, 3.8) is 0 Å². The Kier molecular flexibility index (Phi) is 37.8. The van der Waals surface area contributed by atoms with Crippen molar-refractivity contribution in [2.24, 2.45) is 0 Å². The second-order valence-corrected chi connectivity index (χ2v) is 18.6. The number of hydrogen-bond acceptors (Lipinski definition) is 5. The van der Waals surface area contributed by atoms with Crippen LogP contribution < -0.4 is 5.32 Å². The number of phosphoric ester groups is 1. The van der Waals surface area contributed by atoms with Gasteiger partial charge in [-0.25, -0.2) is 4.57 Å². The van der Waals surface area contributed by atoms with Crippen LogP contribution in [0.2, 0.25) is 0 Å². The number of carbonyl (C=O) groups is 1. The van der Waals surface area contributed by atoms with Crippen LogP contribution in [-0.2, 0) is 18.4 Å². The molecule has 0 heterocycles. The average Bonchev–Trinajstić information content (AvgIpc) is 3.13. The molecule has 55 heavy (non-hydrogen) atoms. The van der Waals surface area contributed by atoms with Crippen LogP contribution in [0, 0.1) is 0 Å². The summed E-state index contributed by atoms with van der Waals surface area (Å²) < 4.78 is 23.5. The Morgan fingerprint density at radius 1 is 0.600 bits per heavy atom. The van der Waals surface area contributed by atoms with E-state index in [0.717, 1.165) is 38.5 Å². The summed E-state index contributed by atoms with van der Waals surface area (Å²) in [5.41, 5.74) is 0. The molecule has 0 saturated heterocycles. The molecule has 0 radical (unpaired) electrons. The zero-order valence-electron chi connectivity index (χ0n) is 36.9. The summed E-state index contributed by atoms with van der Waals surface area (Å²) in [5, 5.41) is 13.8. The molecule has 0 aliphatic rings. The van der Waals surface area contributed by atoms with E-state index in [1.54, 1.807) is 6.08 Å². The Labute approximate surface area is 341 Å². The zero-order valence-corrected chi connectivity index (χ0v) is 37.8.